The van der Waals surface area contributed by atoms with E-state index in [1.165, 1.54) is 0 Å². The van der Waals surface area contributed by atoms with Crippen LogP contribution in [0.15, 0.2) is 54.6 Å². The highest BCUT2D eigenvalue weighted by molar-refractivity contribution is 5.82. The maximum atomic E-state index is 11.7. The third-order valence-electron chi connectivity index (χ3n) is 3.27. The van der Waals surface area contributed by atoms with Gasteiger partial charge in [0.05, 0.1) is 12.2 Å². The lowest BCUT2D eigenvalue weighted by atomic mass is 10.2. The van der Waals surface area contributed by atoms with Gasteiger partial charge in [-0.2, -0.15) is 5.26 Å². The van der Waals surface area contributed by atoms with Crippen LogP contribution in [0.5, 0.6) is 11.5 Å². The van der Waals surface area contributed by atoms with E-state index in [4.69, 9.17) is 14.7 Å². The van der Waals surface area contributed by atoms with Crippen molar-refractivity contribution in [2.75, 3.05) is 13.2 Å². The largest absolute Gasteiger partial charge is 0.494 e. The van der Waals surface area contributed by atoms with Crippen LogP contribution in [0.4, 0.5) is 0 Å². The summed E-state index contributed by atoms with van der Waals surface area (Å²) < 4.78 is 10.7. The second-order valence-electron chi connectivity index (χ2n) is 5.26. The number of carbonyl (C=O) groups is 2. The van der Waals surface area contributed by atoms with Crippen molar-refractivity contribution in [1.82, 2.24) is 10.9 Å². The first-order valence-electron chi connectivity index (χ1n) is 8.06. The standard InChI is InChI=1S/C19H19N3O4/c20-13-15-7-4-5-10-17(15)26-14-19(24)22-21-18(23)11-6-12-25-16-8-2-1-3-9-16/h1-5,7-10H,6,11-12,14H2,(H,21,23)(H,22,24). The first kappa shape index (κ1) is 18.8. The molecule has 134 valence electrons. The van der Waals surface area contributed by atoms with Gasteiger partial charge in [-0.25, -0.2) is 0 Å². The minimum atomic E-state index is -0.522. The molecule has 0 aliphatic rings. The number of amides is 2. The molecule has 26 heavy (non-hydrogen) atoms. The summed E-state index contributed by atoms with van der Waals surface area (Å²) in [4.78, 5) is 23.3. The van der Waals surface area contributed by atoms with Gasteiger partial charge in [-0.1, -0.05) is 30.3 Å². The minimum absolute atomic E-state index is 0.214. The summed E-state index contributed by atoms with van der Waals surface area (Å²) >= 11 is 0. The summed E-state index contributed by atoms with van der Waals surface area (Å²) in [6.45, 7) is 0.0928. The number of nitrogens with zero attached hydrogens (tertiary/aromatic N) is 1. The Morgan fingerprint density at radius 3 is 2.38 bits per heavy atom. The molecule has 0 fully saturated rings. The number of benzene rings is 2. The van der Waals surface area contributed by atoms with E-state index in [1.807, 2.05) is 36.4 Å². The Hall–Kier alpha value is -3.53. The van der Waals surface area contributed by atoms with E-state index in [2.05, 4.69) is 10.9 Å². The molecule has 0 saturated heterocycles. The van der Waals surface area contributed by atoms with Gasteiger partial charge >= 0.3 is 0 Å². The molecular weight excluding hydrogens is 334 g/mol. The van der Waals surface area contributed by atoms with E-state index in [1.54, 1.807) is 24.3 Å². The second kappa shape index (κ2) is 10.4. The number of carbonyl (C=O) groups excluding carboxylic acids is 2. The Balaban J connectivity index is 1.59. The number of rotatable bonds is 8. The molecule has 0 aliphatic heterocycles. The average Bonchev–Trinajstić information content (AvgIpc) is 2.69. The predicted octanol–water partition coefficient (Wildman–Crippen LogP) is 1.94. The first-order chi connectivity index (χ1) is 12.7. The van der Waals surface area contributed by atoms with Gasteiger partial charge < -0.3 is 9.47 Å². The number of hydrazine groups is 1. The van der Waals surface area contributed by atoms with E-state index in [-0.39, 0.29) is 18.9 Å². The van der Waals surface area contributed by atoms with Crippen LogP contribution < -0.4 is 20.3 Å². The molecule has 0 heterocycles. The molecule has 2 N–H and O–H groups in total. The van der Waals surface area contributed by atoms with Gasteiger partial charge in [-0.15, -0.1) is 0 Å². The number of nitriles is 1. The molecule has 2 aromatic carbocycles. The average molecular weight is 353 g/mol. The SMILES string of the molecule is N#Cc1ccccc1OCC(=O)NNC(=O)CCCOc1ccccc1. The fraction of sp³-hybridized carbons (Fsp3) is 0.211. The van der Waals surface area contributed by atoms with Crippen LogP contribution >= 0.6 is 0 Å². The van der Waals surface area contributed by atoms with Gasteiger partial charge in [0.15, 0.2) is 6.61 Å². The number of para-hydroxylation sites is 2. The topological polar surface area (TPSA) is 100 Å². The summed E-state index contributed by atoms with van der Waals surface area (Å²) in [6, 6.07) is 17.9. The zero-order valence-corrected chi connectivity index (χ0v) is 14.1. The lowest BCUT2D eigenvalue weighted by Crippen LogP contribution is -2.43. The fourth-order valence-electron chi connectivity index (χ4n) is 2.01. The lowest BCUT2D eigenvalue weighted by Gasteiger charge is -2.10. The maximum absolute atomic E-state index is 11.7. The molecule has 2 aromatic rings. The van der Waals surface area contributed by atoms with Crippen LogP contribution in [0.2, 0.25) is 0 Å². The van der Waals surface area contributed by atoms with E-state index >= 15 is 0 Å². The van der Waals surface area contributed by atoms with Crippen LogP contribution in [0.3, 0.4) is 0 Å². The second-order valence-corrected chi connectivity index (χ2v) is 5.26. The number of ether oxygens (including phenoxy) is 2. The molecule has 0 aromatic heterocycles. The highest BCUT2D eigenvalue weighted by atomic mass is 16.5. The molecule has 0 spiro atoms. The predicted molar refractivity (Wildman–Crippen MR) is 94.1 cm³/mol. The first-order valence-corrected chi connectivity index (χ1v) is 8.06. The zero-order valence-electron chi connectivity index (χ0n) is 14.1. The van der Waals surface area contributed by atoms with E-state index in [0.29, 0.717) is 24.3 Å². The molecule has 2 rings (SSSR count). The van der Waals surface area contributed by atoms with Gasteiger partial charge in [-0.3, -0.25) is 20.4 Å². The molecule has 2 amide bonds. The molecule has 0 saturated carbocycles. The maximum Gasteiger partial charge on any atom is 0.276 e. The number of hydrogen-bond acceptors (Lipinski definition) is 5. The van der Waals surface area contributed by atoms with Crippen molar-refractivity contribution in [3.63, 3.8) is 0 Å². The van der Waals surface area contributed by atoms with Crippen molar-refractivity contribution in [2.24, 2.45) is 0 Å². The van der Waals surface area contributed by atoms with Gasteiger partial charge in [0.1, 0.15) is 17.6 Å². The van der Waals surface area contributed by atoms with Crippen LogP contribution in [0.1, 0.15) is 18.4 Å². The van der Waals surface area contributed by atoms with Crippen molar-refractivity contribution in [1.29, 1.82) is 5.26 Å². The molecule has 0 atom stereocenters. The summed E-state index contributed by atoms with van der Waals surface area (Å²) in [5, 5.41) is 8.94. The Kier molecular flexibility index (Phi) is 7.49. The molecule has 0 unspecified atom stereocenters. The van der Waals surface area contributed by atoms with E-state index < -0.39 is 5.91 Å². The van der Waals surface area contributed by atoms with Crippen LogP contribution in [-0.4, -0.2) is 25.0 Å². The van der Waals surface area contributed by atoms with Crippen LogP contribution in [0, 0.1) is 11.3 Å². The molecule has 0 bridgehead atoms. The molecular formula is C19H19N3O4. The van der Waals surface area contributed by atoms with Crippen molar-refractivity contribution in [2.45, 2.75) is 12.8 Å². The van der Waals surface area contributed by atoms with E-state index in [0.717, 1.165) is 5.75 Å². The quantitative estimate of drug-likeness (QED) is 0.558. The van der Waals surface area contributed by atoms with Gasteiger partial charge in [0.25, 0.3) is 5.91 Å². The van der Waals surface area contributed by atoms with Gasteiger partial charge in [0.2, 0.25) is 5.91 Å². The summed E-state index contributed by atoms with van der Waals surface area (Å²) in [7, 11) is 0. The lowest BCUT2D eigenvalue weighted by molar-refractivity contribution is -0.130. The normalized spacial score (nSPS) is 9.65. The fourth-order valence-corrected chi connectivity index (χ4v) is 2.01. The van der Waals surface area contributed by atoms with Crippen molar-refractivity contribution < 1.29 is 19.1 Å². The molecule has 0 radical (unpaired) electrons. The smallest absolute Gasteiger partial charge is 0.276 e. The number of hydrogen-bond donors (Lipinski definition) is 2. The number of nitrogens with one attached hydrogen (secondary N) is 2. The molecule has 0 aliphatic carbocycles. The monoisotopic (exact) mass is 353 g/mol. The van der Waals surface area contributed by atoms with Gasteiger partial charge in [0, 0.05) is 6.42 Å². The minimum Gasteiger partial charge on any atom is -0.494 e. The zero-order chi connectivity index (χ0) is 18.6. The Morgan fingerprint density at radius 1 is 0.923 bits per heavy atom. The van der Waals surface area contributed by atoms with Crippen molar-refractivity contribution in [3.05, 3.63) is 60.2 Å². The Morgan fingerprint density at radius 2 is 1.62 bits per heavy atom. The highest BCUT2D eigenvalue weighted by Gasteiger charge is 2.08. The summed E-state index contributed by atoms with van der Waals surface area (Å²) in [5.41, 5.74) is 4.90. The molecule has 7 heteroatoms. The molecule has 7 nitrogen and oxygen atoms in total. The van der Waals surface area contributed by atoms with Crippen molar-refractivity contribution >= 4 is 11.8 Å². The highest BCUT2D eigenvalue weighted by Crippen LogP contribution is 2.16. The van der Waals surface area contributed by atoms with Crippen LogP contribution in [0.25, 0.3) is 0 Å². The Bertz CT molecular complexity index is 772. The van der Waals surface area contributed by atoms with Crippen molar-refractivity contribution in [3.8, 4) is 17.6 Å². The van der Waals surface area contributed by atoms with E-state index in [9.17, 15) is 9.59 Å². The summed E-state index contributed by atoms with van der Waals surface area (Å²) in [6.07, 6.45) is 0.730. The third-order valence-corrected chi connectivity index (χ3v) is 3.27. The summed E-state index contributed by atoms with van der Waals surface area (Å²) in [5.74, 6) is 0.213. The van der Waals surface area contributed by atoms with Gasteiger partial charge in [-0.05, 0) is 30.7 Å². The Labute approximate surface area is 151 Å². The van der Waals surface area contributed by atoms with Crippen LogP contribution in [-0.2, 0) is 9.59 Å². The third kappa shape index (κ3) is 6.53.